The van der Waals surface area contributed by atoms with Gasteiger partial charge in [0.2, 0.25) is 5.91 Å². The van der Waals surface area contributed by atoms with E-state index in [0.717, 1.165) is 24.0 Å². The van der Waals surface area contributed by atoms with Crippen molar-refractivity contribution in [3.8, 4) is 0 Å². The van der Waals surface area contributed by atoms with Crippen molar-refractivity contribution in [3.63, 3.8) is 0 Å². The summed E-state index contributed by atoms with van der Waals surface area (Å²) in [5, 5.41) is 2.93. The van der Waals surface area contributed by atoms with Crippen LogP contribution in [0.4, 0.5) is 0 Å². The minimum atomic E-state index is -0.0164. The highest BCUT2D eigenvalue weighted by Gasteiger charge is 2.14. The second-order valence-corrected chi connectivity index (χ2v) is 9.37. The van der Waals surface area contributed by atoms with Crippen molar-refractivity contribution >= 4 is 5.91 Å². The summed E-state index contributed by atoms with van der Waals surface area (Å²) in [5.74, 6) is -0.0164. The van der Waals surface area contributed by atoms with E-state index in [9.17, 15) is 4.79 Å². The van der Waals surface area contributed by atoms with Gasteiger partial charge in [0.05, 0.1) is 27.2 Å². The lowest BCUT2D eigenvalue weighted by Gasteiger charge is -2.30. The Morgan fingerprint density at radius 3 is 1.52 bits per heavy atom. The van der Waals surface area contributed by atoms with Crippen LogP contribution in [0.2, 0.25) is 0 Å². The van der Waals surface area contributed by atoms with Crippen molar-refractivity contribution in [1.82, 2.24) is 5.32 Å². The molecule has 0 aliphatic heterocycles. The highest BCUT2D eigenvalue weighted by Crippen LogP contribution is 2.13. The molecule has 0 rings (SSSR count). The molecule has 174 valence electrons. The third-order valence-electron chi connectivity index (χ3n) is 5.73. The van der Waals surface area contributed by atoms with E-state index in [-0.39, 0.29) is 22.9 Å². The third kappa shape index (κ3) is 22.2. The predicted octanol–water partition coefficient (Wildman–Crippen LogP) is 3.63. The molecule has 1 N–H and O–H groups in total. The Kier molecular flexibility index (Phi) is 22.2. The van der Waals surface area contributed by atoms with Gasteiger partial charge in [-0.25, -0.2) is 0 Å². The van der Waals surface area contributed by atoms with E-state index in [1.54, 1.807) is 6.92 Å². The van der Waals surface area contributed by atoms with Crippen LogP contribution in [0.15, 0.2) is 12.2 Å². The van der Waals surface area contributed by atoms with Crippen LogP contribution in [0, 0.1) is 0 Å². The van der Waals surface area contributed by atoms with Crippen LogP contribution in [0.25, 0.3) is 0 Å². The highest BCUT2D eigenvalue weighted by molar-refractivity contribution is 5.91. The van der Waals surface area contributed by atoms with Crippen molar-refractivity contribution in [2.24, 2.45) is 0 Å². The summed E-state index contributed by atoms with van der Waals surface area (Å²) in [5.41, 5.74) is 0.594. The molecule has 0 aromatic rings. The maximum Gasteiger partial charge on any atom is 0.246 e. The van der Waals surface area contributed by atoms with E-state index in [1.807, 2.05) is 0 Å². The molecule has 0 saturated carbocycles. The van der Waals surface area contributed by atoms with Crippen molar-refractivity contribution < 1.29 is 26.3 Å². The molecule has 0 heterocycles. The lowest BCUT2D eigenvalue weighted by Crippen LogP contribution is -3.00. The molecule has 0 spiro atoms. The quantitative estimate of drug-likeness (QED) is 0.163. The molecule has 0 atom stereocenters. The number of nitrogens with zero attached hydrogens (tertiary/aromatic N) is 1. The number of unbranched alkanes of at least 4 members (excludes halogenated alkanes) is 13. The van der Waals surface area contributed by atoms with Gasteiger partial charge in [-0.2, -0.15) is 0 Å². The fraction of sp³-hybridized carbons (Fsp3) is 0.880. The first-order chi connectivity index (χ1) is 13.4. The Bertz CT molecular complexity index is 396. The number of halogens is 1. The van der Waals surface area contributed by atoms with Crippen LogP contribution in [0.5, 0.6) is 0 Å². The lowest BCUT2D eigenvalue weighted by molar-refractivity contribution is -0.890. The summed E-state index contributed by atoms with van der Waals surface area (Å²) < 4.78 is 1.06. The fourth-order valence-electron chi connectivity index (χ4n) is 3.71. The number of carbonyl (C=O) groups is 1. The first-order valence-electron chi connectivity index (χ1n) is 12.1. The molecule has 0 saturated heterocycles. The van der Waals surface area contributed by atoms with E-state index < -0.39 is 0 Å². The average Bonchev–Trinajstić information content (AvgIpc) is 2.65. The van der Waals surface area contributed by atoms with Gasteiger partial charge < -0.3 is 26.8 Å². The minimum absolute atomic E-state index is 0. The van der Waals surface area contributed by atoms with Crippen LogP contribution >= 0.6 is 0 Å². The monoisotopic (exact) mass is 474 g/mol. The van der Waals surface area contributed by atoms with Gasteiger partial charge >= 0.3 is 0 Å². The molecular formula is C25H51BrN2O. The van der Waals surface area contributed by atoms with Gasteiger partial charge in [-0.15, -0.1) is 0 Å². The zero-order valence-electron chi connectivity index (χ0n) is 20.2. The SMILES string of the molecule is C=C(C)C(=O)NCCC[N+](C)(C)CCCCCCCCCCCCCCCC.[Br-]. The number of quaternary nitrogens is 1. The second kappa shape index (κ2) is 20.9. The molecular weight excluding hydrogens is 424 g/mol. The predicted molar refractivity (Wildman–Crippen MR) is 125 cm³/mol. The molecule has 0 fully saturated rings. The number of hydrogen-bond donors (Lipinski definition) is 1. The highest BCUT2D eigenvalue weighted by atomic mass is 79.9. The molecule has 0 bridgehead atoms. The number of nitrogens with one attached hydrogen (secondary N) is 1. The van der Waals surface area contributed by atoms with Crippen molar-refractivity contribution in [1.29, 1.82) is 0 Å². The smallest absolute Gasteiger partial charge is 0.246 e. The molecule has 0 aliphatic rings. The number of hydrogen-bond acceptors (Lipinski definition) is 1. The molecule has 29 heavy (non-hydrogen) atoms. The van der Waals surface area contributed by atoms with Gasteiger partial charge in [-0.1, -0.05) is 90.6 Å². The normalized spacial score (nSPS) is 11.2. The van der Waals surface area contributed by atoms with Crippen LogP contribution in [-0.4, -0.2) is 44.1 Å². The third-order valence-corrected chi connectivity index (χ3v) is 5.73. The van der Waals surface area contributed by atoms with Crippen LogP contribution in [0.3, 0.4) is 0 Å². The molecule has 4 heteroatoms. The summed E-state index contributed by atoms with van der Waals surface area (Å²) in [6, 6.07) is 0. The second-order valence-electron chi connectivity index (χ2n) is 9.37. The van der Waals surface area contributed by atoms with E-state index in [1.165, 1.54) is 96.4 Å². The molecule has 3 nitrogen and oxygen atoms in total. The first-order valence-corrected chi connectivity index (χ1v) is 12.1. The molecule has 0 aromatic carbocycles. The van der Waals surface area contributed by atoms with Crippen LogP contribution < -0.4 is 22.3 Å². The minimum Gasteiger partial charge on any atom is -1.00 e. The zero-order valence-corrected chi connectivity index (χ0v) is 21.8. The zero-order chi connectivity index (χ0) is 21.1. The lowest BCUT2D eigenvalue weighted by atomic mass is 10.0. The van der Waals surface area contributed by atoms with Gasteiger partial charge in [0.15, 0.2) is 0 Å². The first kappa shape index (κ1) is 30.8. The Balaban J connectivity index is 0. The topological polar surface area (TPSA) is 29.1 Å². The summed E-state index contributed by atoms with van der Waals surface area (Å²) in [4.78, 5) is 11.5. The maximum atomic E-state index is 11.5. The van der Waals surface area contributed by atoms with Crippen molar-refractivity contribution in [2.45, 2.75) is 110 Å². The fourth-order valence-corrected chi connectivity index (χ4v) is 3.71. The van der Waals surface area contributed by atoms with E-state index in [0.29, 0.717) is 5.57 Å². The Morgan fingerprint density at radius 2 is 1.10 bits per heavy atom. The maximum absolute atomic E-state index is 11.5. The van der Waals surface area contributed by atoms with Crippen molar-refractivity contribution in [3.05, 3.63) is 12.2 Å². The summed E-state index contributed by atoms with van der Waals surface area (Å²) in [6.45, 7) is 10.8. The number of rotatable bonds is 20. The Morgan fingerprint density at radius 1 is 0.724 bits per heavy atom. The van der Waals surface area contributed by atoms with Gasteiger partial charge in [0.25, 0.3) is 0 Å². The summed E-state index contributed by atoms with van der Waals surface area (Å²) >= 11 is 0. The van der Waals surface area contributed by atoms with E-state index in [2.05, 4.69) is 32.9 Å². The molecule has 0 unspecified atom stereocenters. The average molecular weight is 476 g/mol. The number of amides is 1. The number of carbonyl (C=O) groups excluding carboxylic acids is 1. The van der Waals surface area contributed by atoms with Gasteiger partial charge in [0.1, 0.15) is 0 Å². The van der Waals surface area contributed by atoms with Crippen LogP contribution in [0.1, 0.15) is 110 Å². The largest absolute Gasteiger partial charge is 1.00 e. The van der Waals surface area contributed by atoms with Gasteiger partial charge in [-0.05, 0) is 19.8 Å². The van der Waals surface area contributed by atoms with Gasteiger partial charge in [0, 0.05) is 18.5 Å². The van der Waals surface area contributed by atoms with Crippen LogP contribution in [-0.2, 0) is 4.79 Å². The molecule has 1 amide bonds. The molecule has 0 aromatic heterocycles. The Labute approximate surface area is 193 Å². The van der Waals surface area contributed by atoms with E-state index >= 15 is 0 Å². The van der Waals surface area contributed by atoms with Gasteiger partial charge in [-0.3, -0.25) is 4.79 Å². The standard InChI is InChI=1S/C25H50N2O.BrH/c1-6-7-8-9-10-11-12-13-14-15-16-17-18-19-22-27(4,5)23-20-21-26-25(28)24(2)3;/h2,6-23H2,1,3-5H3;1H. The van der Waals surface area contributed by atoms with Crippen molar-refractivity contribution in [2.75, 3.05) is 33.7 Å². The molecule has 0 radical (unpaired) electrons. The summed E-state index contributed by atoms with van der Waals surface area (Å²) in [6.07, 6.45) is 20.9. The summed E-state index contributed by atoms with van der Waals surface area (Å²) in [7, 11) is 4.62. The Hall–Kier alpha value is -0.350. The molecule has 0 aliphatic carbocycles. The van der Waals surface area contributed by atoms with E-state index in [4.69, 9.17) is 0 Å².